The fourth-order valence-electron chi connectivity index (χ4n) is 3.79. The number of halogens is 1. The van der Waals surface area contributed by atoms with E-state index in [0.29, 0.717) is 11.5 Å². The lowest BCUT2D eigenvalue weighted by molar-refractivity contribution is 0.0794. The van der Waals surface area contributed by atoms with Crippen molar-refractivity contribution < 1.29 is 9.53 Å². The van der Waals surface area contributed by atoms with Gasteiger partial charge in [0.1, 0.15) is 5.75 Å². The first kappa shape index (κ1) is 18.8. The Hall–Kier alpha value is -2.54. The Morgan fingerprint density at radius 3 is 2.71 bits per heavy atom. The number of aromatic nitrogens is 2. The fraction of sp³-hybridized carbons (Fsp3) is 0.333. The Kier molecular flexibility index (Phi) is 5.02. The highest BCUT2D eigenvalue weighted by molar-refractivity contribution is 9.10. The number of nitrogens with zero attached hydrogens (tertiary/aromatic N) is 3. The van der Waals surface area contributed by atoms with Crippen molar-refractivity contribution in [1.29, 1.82) is 0 Å². The molecule has 1 aromatic heterocycles. The lowest BCUT2D eigenvalue weighted by Crippen LogP contribution is -2.28. The number of anilines is 2. The first-order chi connectivity index (χ1) is 13.5. The molecule has 2 aromatic carbocycles. The highest BCUT2D eigenvalue weighted by Gasteiger charge is 2.24. The summed E-state index contributed by atoms with van der Waals surface area (Å²) in [7, 11) is 3.58. The highest BCUT2D eigenvalue weighted by atomic mass is 79.9. The molecule has 4 rings (SSSR count). The third-order valence-corrected chi connectivity index (χ3v) is 5.70. The van der Waals surface area contributed by atoms with Crippen LogP contribution in [0.25, 0.3) is 11.0 Å². The lowest BCUT2D eigenvalue weighted by atomic mass is 10.1. The number of hydrogen-bond acceptors (Lipinski definition) is 4. The molecule has 28 heavy (non-hydrogen) atoms. The van der Waals surface area contributed by atoms with Gasteiger partial charge in [0.05, 0.1) is 29.4 Å². The molecule has 1 N–H and O–H groups in total. The number of rotatable bonds is 4. The minimum absolute atomic E-state index is 0.0788. The number of benzene rings is 2. The topological polar surface area (TPSA) is 59.4 Å². The molecule has 0 saturated carbocycles. The van der Waals surface area contributed by atoms with Gasteiger partial charge in [-0.05, 0) is 49.6 Å². The first-order valence-corrected chi connectivity index (χ1v) is 10.1. The summed E-state index contributed by atoms with van der Waals surface area (Å²) >= 11 is 3.50. The van der Waals surface area contributed by atoms with Crippen molar-refractivity contribution in [3.05, 3.63) is 45.9 Å². The summed E-state index contributed by atoms with van der Waals surface area (Å²) < 4.78 is 8.43. The minimum atomic E-state index is 0.0788. The third kappa shape index (κ3) is 3.24. The second-order valence-electron chi connectivity index (χ2n) is 7.09. The number of para-hydroxylation sites is 1. The predicted molar refractivity (Wildman–Crippen MR) is 115 cm³/mol. The summed E-state index contributed by atoms with van der Waals surface area (Å²) in [5.74, 6) is 1.47. The quantitative estimate of drug-likeness (QED) is 0.639. The van der Waals surface area contributed by atoms with E-state index in [9.17, 15) is 4.79 Å². The van der Waals surface area contributed by atoms with E-state index < -0.39 is 0 Å². The predicted octanol–water partition coefficient (Wildman–Crippen LogP) is 4.63. The number of likely N-dealkylation sites (tertiary alicyclic amines) is 1. The maximum atomic E-state index is 13.0. The van der Waals surface area contributed by atoms with Crippen LogP contribution in [0, 0.1) is 6.92 Å². The van der Waals surface area contributed by atoms with Crippen molar-refractivity contribution in [3.8, 4) is 5.75 Å². The molecule has 1 amide bonds. The number of carbonyl (C=O) groups is 1. The Balaban J connectivity index is 1.77. The number of hydrogen-bond donors (Lipinski definition) is 1. The van der Waals surface area contributed by atoms with Gasteiger partial charge >= 0.3 is 0 Å². The molecule has 0 spiro atoms. The lowest BCUT2D eigenvalue weighted by Gasteiger charge is -2.17. The molecule has 0 bridgehead atoms. The van der Waals surface area contributed by atoms with Gasteiger partial charge in [-0.2, -0.15) is 0 Å². The largest absolute Gasteiger partial charge is 0.495 e. The number of carbonyl (C=O) groups excluding carboxylic acids is 1. The van der Waals surface area contributed by atoms with E-state index in [1.807, 2.05) is 53.8 Å². The number of imidazole rings is 1. The van der Waals surface area contributed by atoms with Crippen molar-refractivity contribution in [1.82, 2.24) is 14.5 Å². The van der Waals surface area contributed by atoms with Crippen LogP contribution in [0.15, 0.2) is 34.8 Å². The molecule has 2 heterocycles. The number of nitrogens with one attached hydrogen (secondary N) is 1. The highest BCUT2D eigenvalue weighted by Crippen LogP contribution is 2.35. The molecule has 1 aliphatic heterocycles. The van der Waals surface area contributed by atoms with E-state index in [-0.39, 0.29) is 5.91 Å². The van der Waals surface area contributed by atoms with Crippen LogP contribution in [-0.2, 0) is 7.05 Å². The van der Waals surface area contributed by atoms with Crippen molar-refractivity contribution >= 4 is 44.5 Å². The van der Waals surface area contributed by atoms with E-state index >= 15 is 0 Å². The standard InChI is InChI=1S/C21H23BrN4O2/c1-13-11-14(22)12-17(28-3)18(13)24-21-23-16-8-6-7-15(19(16)25(21)2)20(27)26-9-4-5-10-26/h6-8,11-12H,4-5,9-10H2,1-3H3,(H,23,24). The second kappa shape index (κ2) is 7.47. The van der Waals surface area contributed by atoms with Crippen LogP contribution in [0.1, 0.15) is 28.8 Å². The molecule has 1 fully saturated rings. The van der Waals surface area contributed by atoms with Gasteiger partial charge in [-0.15, -0.1) is 0 Å². The fourth-order valence-corrected chi connectivity index (χ4v) is 4.34. The van der Waals surface area contributed by atoms with Crippen molar-refractivity contribution in [3.63, 3.8) is 0 Å². The molecule has 0 atom stereocenters. The van der Waals surface area contributed by atoms with Gasteiger partial charge in [0.25, 0.3) is 5.91 Å². The van der Waals surface area contributed by atoms with Crippen molar-refractivity contribution in [2.24, 2.45) is 7.05 Å². The number of amides is 1. The summed E-state index contributed by atoms with van der Waals surface area (Å²) in [5, 5.41) is 3.39. The zero-order valence-corrected chi connectivity index (χ0v) is 17.8. The van der Waals surface area contributed by atoms with Crippen molar-refractivity contribution in [2.45, 2.75) is 19.8 Å². The summed E-state index contributed by atoms with van der Waals surface area (Å²) in [6.07, 6.45) is 2.14. The van der Waals surface area contributed by atoms with E-state index in [2.05, 4.69) is 21.2 Å². The van der Waals surface area contributed by atoms with Gasteiger partial charge in [0, 0.05) is 24.6 Å². The molecule has 7 heteroatoms. The number of methoxy groups -OCH3 is 1. The third-order valence-electron chi connectivity index (χ3n) is 5.24. The van der Waals surface area contributed by atoms with Crippen LogP contribution in [0.2, 0.25) is 0 Å². The van der Waals surface area contributed by atoms with Crippen LogP contribution in [0.3, 0.4) is 0 Å². The maximum absolute atomic E-state index is 13.0. The van der Waals surface area contributed by atoms with Crippen LogP contribution in [0.5, 0.6) is 5.75 Å². The first-order valence-electron chi connectivity index (χ1n) is 9.35. The Labute approximate surface area is 172 Å². The molecular formula is C21H23BrN4O2. The number of aryl methyl sites for hydroxylation is 2. The molecule has 1 saturated heterocycles. The molecule has 3 aromatic rings. The van der Waals surface area contributed by atoms with E-state index in [1.165, 1.54) is 0 Å². The van der Waals surface area contributed by atoms with Crippen molar-refractivity contribution in [2.75, 3.05) is 25.5 Å². The minimum Gasteiger partial charge on any atom is -0.495 e. The summed E-state index contributed by atoms with van der Waals surface area (Å²) in [6, 6.07) is 9.66. The summed E-state index contributed by atoms with van der Waals surface area (Å²) in [6.45, 7) is 3.67. The molecule has 1 aliphatic rings. The molecule has 146 valence electrons. The zero-order chi connectivity index (χ0) is 19.8. The average molecular weight is 443 g/mol. The Bertz CT molecular complexity index is 1050. The second-order valence-corrected chi connectivity index (χ2v) is 8.01. The molecule has 0 unspecified atom stereocenters. The van der Waals surface area contributed by atoms with Gasteiger partial charge in [-0.25, -0.2) is 4.98 Å². The normalized spacial score (nSPS) is 13.9. The summed E-state index contributed by atoms with van der Waals surface area (Å²) in [4.78, 5) is 19.7. The van der Waals surface area contributed by atoms with Crippen LogP contribution in [-0.4, -0.2) is 40.6 Å². The van der Waals surface area contributed by atoms with E-state index in [0.717, 1.165) is 58.4 Å². The number of fused-ring (bicyclic) bond motifs is 1. The smallest absolute Gasteiger partial charge is 0.256 e. The number of ether oxygens (including phenoxy) is 1. The molecule has 0 radical (unpaired) electrons. The van der Waals surface area contributed by atoms with Gasteiger partial charge < -0.3 is 19.5 Å². The van der Waals surface area contributed by atoms with Gasteiger partial charge in [-0.3, -0.25) is 4.79 Å². The van der Waals surface area contributed by atoms with E-state index in [4.69, 9.17) is 9.72 Å². The van der Waals surface area contributed by atoms with E-state index in [1.54, 1.807) is 7.11 Å². The van der Waals surface area contributed by atoms with Crippen LogP contribution >= 0.6 is 15.9 Å². The molecular weight excluding hydrogens is 420 g/mol. The van der Waals surface area contributed by atoms with Gasteiger partial charge in [0.15, 0.2) is 0 Å². The van der Waals surface area contributed by atoms with Gasteiger partial charge in [0.2, 0.25) is 5.95 Å². The Morgan fingerprint density at radius 1 is 1.25 bits per heavy atom. The molecule has 0 aliphatic carbocycles. The average Bonchev–Trinajstić information content (AvgIpc) is 3.32. The maximum Gasteiger partial charge on any atom is 0.256 e. The van der Waals surface area contributed by atoms with Crippen LogP contribution in [0.4, 0.5) is 11.6 Å². The molecule has 6 nitrogen and oxygen atoms in total. The SMILES string of the molecule is COc1cc(Br)cc(C)c1Nc1nc2cccc(C(=O)N3CCCC3)c2n1C. The zero-order valence-electron chi connectivity index (χ0n) is 16.3. The monoisotopic (exact) mass is 442 g/mol. The van der Waals surface area contributed by atoms with Crippen LogP contribution < -0.4 is 10.1 Å². The van der Waals surface area contributed by atoms with Gasteiger partial charge in [-0.1, -0.05) is 22.0 Å². The Morgan fingerprint density at radius 2 is 2.00 bits per heavy atom. The summed E-state index contributed by atoms with van der Waals surface area (Å²) in [5.41, 5.74) is 4.23.